The van der Waals surface area contributed by atoms with E-state index in [1.165, 1.54) is 24.4 Å². The van der Waals surface area contributed by atoms with Crippen LogP contribution in [0.4, 0.5) is 20.2 Å². The first kappa shape index (κ1) is 21.5. The number of rotatable bonds is 7. The molecule has 11 heteroatoms. The maximum absolute atomic E-state index is 12.6. The first-order valence-corrected chi connectivity index (χ1v) is 8.04. The number of carbonyl (C=O) groups is 2. The number of halogens is 2. The Kier molecular flexibility index (Phi) is 7.01. The highest BCUT2D eigenvalue weighted by atomic mass is 19.3. The molecule has 1 aliphatic rings. The summed E-state index contributed by atoms with van der Waals surface area (Å²) in [5.41, 5.74) is -1.07. The number of nitro groups is 1. The average molecular weight is 410 g/mol. The number of non-ortho nitro benzene ring substituents is 1. The Labute approximate surface area is 163 Å². The predicted octanol–water partition coefficient (Wildman–Crippen LogP) is 2.73. The summed E-state index contributed by atoms with van der Waals surface area (Å²) in [5.74, 6) is -2.02. The van der Waals surface area contributed by atoms with Gasteiger partial charge in [-0.2, -0.15) is 0 Å². The Bertz CT molecular complexity index is 909. The molecule has 0 bridgehead atoms. The van der Waals surface area contributed by atoms with Gasteiger partial charge in [-0.15, -0.1) is 0 Å². The zero-order valence-electron chi connectivity index (χ0n) is 15.3. The third-order valence-corrected chi connectivity index (χ3v) is 3.67. The molecule has 0 N–H and O–H groups in total. The zero-order chi connectivity index (χ0) is 21.6. The Morgan fingerprint density at radius 2 is 1.86 bits per heavy atom. The van der Waals surface area contributed by atoms with E-state index >= 15 is 0 Å². The smallest absolute Gasteiger partial charge is 0.355 e. The minimum absolute atomic E-state index is 0.124. The zero-order valence-corrected chi connectivity index (χ0v) is 15.3. The van der Waals surface area contributed by atoms with Crippen LogP contribution in [0.1, 0.15) is 0 Å². The van der Waals surface area contributed by atoms with E-state index in [4.69, 9.17) is 9.47 Å². The van der Waals surface area contributed by atoms with Crippen LogP contribution in [0.3, 0.4) is 0 Å². The Balaban J connectivity index is 2.72. The molecule has 1 aromatic rings. The molecule has 0 spiro atoms. The molecule has 1 aromatic carbocycles. The molecule has 0 amide bonds. The van der Waals surface area contributed by atoms with Crippen molar-refractivity contribution in [3.63, 3.8) is 0 Å². The van der Waals surface area contributed by atoms with Gasteiger partial charge < -0.3 is 19.1 Å². The van der Waals surface area contributed by atoms with Crippen molar-refractivity contribution in [2.24, 2.45) is 0 Å². The van der Waals surface area contributed by atoms with Crippen LogP contribution in [-0.2, 0) is 19.1 Å². The van der Waals surface area contributed by atoms with E-state index in [0.717, 1.165) is 37.3 Å². The van der Waals surface area contributed by atoms with Gasteiger partial charge in [0.25, 0.3) is 12.1 Å². The molecule has 1 heterocycles. The number of anilines is 1. The van der Waals surface area contributed by atoms with E-state index in [2.05, 4.69) is 4.74 Å². The number of ether oxygens (including phenoxy) is 3. The molecule has 0 saturated carbocycles. The number of hydrogen-bond donors (Lipinski definition) is 0. The van der Waals surface area contributed by atoms with Crippen molar-refractivity contribution in [3.8, 4) is 5.75 Å². The molecule has 0 radical (unpaired) electrons. The standard InChI is InChI=1S/C18H16F2N2O7/c1-27-17(23)12-5-3-4-8-21(16(12)18(24)28-2)13-9-11(22(25)26)6-7-14(13)29-10-15(19)20/h3-9,15H,10H2,1-2H3. The number of esters is 2. The fourth-order valence-corrected chi connectivity index (χ4v) is 2.43. The molecule has 1 aliphatic heterocycles. The number of nitrogens with zero attached hydrogens (tertiary/aromatic N) is 2. The number of carbonyl (C=O) groups excluding carboxylic acids is 2. The van der Waals surface area contributed by atoms with Crippen LogP contribution in [0.15, 0.2) is 53.9 Å². The summed E-state index contributed by atoms with van der Waals surface area (Å²) < 4.78 is 39.7. The third-order valence-electron chi connectivity index (χ3n) is 3.67. The summed E-state index contributed by atoms with van der Waals surface area (Å²) in [6, 6.07) is 3.20. The molecular weight excluding hydrogens is 394 g/mol. The highest BCUT2D eigenvalue weighted by molar-refractivity contribution is 6.05. The van der Waals surface area contributed by atoms with Crippen molar-refractivity contribution in [2.45, 2.75) is 6.43 Å². The molecule has 29 heavy (non-hydrogen) atoms. The normalized spacial score (nSPS) is 13.3. The van der Waals surface area contributed by atoms with Gasteiger partial charge in [0.15, 0.2) is 0 Å². The van der Waals surface area contributed by atoms with Crippen LogP contribution >= 0.6 is 0 Å². The van der Waals surface area contributed by atoms with Crippen molar-refractivity contribution in [1.82, 2.24) is 0 Å². The second-order valence-corrected chi connectivity index (χ2v) is 5.43. The van der Waals surface area contributed by atoms with E-state index in [0.29, 0.717) is 0 Å². The fourth-order valence-electron chi connectivity index (χ4n) is 2.43. The number of nitro benzene ring substituents is 1. The highest BCUT2D eigenvalue weighted by Gasteiger charge is 2.30. The number of alkyl halides is 2. The highest BCUT2D eigenvalue weighted by Crippen LogP contribution is 2.37. The number of methoxy groups -OCH3 is 2. The van der Waals surface area contributed by atoms with Gasteiger partial charge in [0, 0.05) is 18.3 Å². The number of benzene rings is 1. The maximum Gasteiger partial charge on any atom is 0.355 e. The fraction of sp³-hybridized carbons (Fsp3) is 0.222. The SMILES string of the molecule is COC(=O)C1=C(C(=O)OC)N(c2cc([N+](=O)[O-])ccc2OCC(F)F)C=CC=C1. The van der Waals surface area contributed by atoms with Gasteiger partial charge in [-0.1, -0.05) is 6.08 Å². The van der Waals surface area contributed by atoms with Gasteiger partial charge in [-0.25, -0.2) is 18.4 Å². The quantitative estimate of drug-likeness (QED) is 0.384. The van der Waals surface area contributed by atoms with Gasteiger partial charge in [0.1, 0.15) is 18.1 Å². The van der Waals surface area contributed by atoms with Crippen LogP contribution in [0.2, 0.25) is 0 Å². The lowest BCUT2D eigenvalue weighted by molar-refractivity contribution is -0.384. The lowest BCUT2D eigenvalue weighted by Crippen LogP contribution is -2.27. The van der Waals surface area contributed by atoms with Crippen LogP contribution in [0.5, 0.6) is 5.75 Å². The monoisotopic (exact) mass is 410 g/mol. The lowest BCUT2D eigenvalue weighted by atomic mass is 10.1. The first-order chi connectivity index (χ1) is 13.8. The first-order valence-electron chi connectivity index (χ1n) is 8.04. The average Bonchev–Trinajstić information content (AvgIpc) is 2.93. The Morgan fingerprint density at radius 3 is 2.45 bits per heavy atom. The van der Waals surface area contributed by atoms with E-state index in [-0.39, 0.29) is 28.4 Å². The predicted molar refractivity (Wildman–Crippen MR) is 96.4 cm³/mol. The molecule has 2 rings (SSSR count). The van der Waals surface area contributed by atoms with Crippen molar-refractivity contribution >= 4 is 23.3 Å². The molecule has 0 unspecified atom stereocenters. The summed E-state index contributed by atoms with van der Waals surface area (Å²) in [5, 5.41) is 11.2. The largest absolute Gasteiger partial charge is 0.485 e. The third kappa shape index (κ3) is 4.94. The molecule has 0 saturated heterocycles. The van der Waals surface area contributed by atoms with Crippen LogP contribution in [0, 0.1) is 10.1 Å². The molecule has 0 aliphatic carbocycles. The van der Waals surface area contributed by atoms with Crippen molar-refractivity contribution in [3.05, 3.63) is 64.0 Å². The molecule has 9 nitrogen and oxygen atoms in total. The summed E-state index contributed by atoms with van der Waals surface area (Å²) >= 11 is 0. The van der Waals surface area contributed by atoms with Gasteiger partial charge in [-0.05, 0) is 18.2 Å². The topological polar surface area (TPSA) is 108 Å². The minimum Gasteiger partial charge on any atom is -0.485 e. The van der Waals surface area contributed by atoms with Crippen LogP contribution in [0.25, 0.3) is 0 Å². The van der Waals surface area contributed by atoms with Crippen molar-refractivity contribution < 1.29 is 37.5 Å². The minimum atomic E-state index is -2.80. The summed E-state index contributed by atoms with van der Waals surface area (Å²) in [6.45, 7) is -0.984. The Hall–Kier alpha value is -3.76. The molecule has 0 atom stereocenters. The summed E-state index contributed by atoms with van der Waals surface area (Å²) in [7, 11) is 2.17. The molecular formula is C18H16F2N2O7. The molecule has 0 fully saturated rings. The lowest BCUT2D eigenvalue weighted by Gasteiger charge is -2.25. The van der Waals surface area contributed by atoms with Gasteiger partial charge in [0.05, 0.1) is 30.4 Å². The maximum atomic E-state index is 12.6. The van der Waals surface area contributed by atoms with Crippen LogP contribution in [-0.4, -0.2) is 44.1 Å². The van der Waals surface area contributed by atoms with Gasteiger partial charge in [-0.3, -0.25) is 10.1 Å². The van der Waals surface area contributed by atoms with E-state index in [1.807, 2.05) is 0 Å². The molecule has 0 aromatic heterocycles. The summed E-state index contributed by atoms with van der Waals surface area (Å²) in [4.78, 5) is 36.2. The van der Waals surface area contributed by atoms with E-state index in [9.17, 15) is 28.5 Å². The number of allylic oxidation sites excluding steroid dienone is 2. The Morgan fingerprint density at radius 1 is 1.17 bits per heavy atom. The summed E-state index contributed by atoms with van der Waals surface area (Å²) in [6.07, 6.45) is 2.63. The van der Waals surface area contributed by atoms with Gasteiger partial charge >= 0.3 is 11.9 Å². The van der Waals surface area contributed by atoms with Crippen molar-refractivity contribution in [1.29, 1.82) is 0 Å². The van der Waals surface area contributed by atoms with Crippen LogP contribution < -0.4 is 9.64 Å². The second-order valence-electron chi connectivity index (χ2n) is 5.43. The number of hydrogen-bond acceptors (Lipinski definition) is 8. The van der Waals surface area contributed by atoms with E-state index in [1.54, 1.807) is 0 Å². The van der Waals surface area contributed by atoms with Crippen molar-refractivity contribution in [2.75, 3.05) is 25.7 Å². The molecule has 154 valence electrons. The van der Waals surface area contributed by atoms with Gasteiger partial charge in [0.2, 0.25) is 0 Å². The second kappa shape index (κ2) is 9.44. The van der Waals surface area contributed by atoms with E-state index < -0.39 is 29.9 Å².